The van der Waals surface area contributed by atoms with Crippen LogP contribution in [0.15, 0.2) is 30.5 Å². The van der Waals surface area contributed by atoms with Gasteiger partial charge >= 0.3 is 5.97 Å². The van der Waals surface area contributed by atoms with Gasteiger partial charge in [-0.1, -0.05) is 6.92 Å². The van der Waals surface area contributed by atoms with Gasteiger partial charge in [0.15, 0.2) is 0 Å². The van der Waals surface area contributed by atoms with E-state index in [1.165, 1.54) is 21.7 Å². The third kappa shape index (κ3) is 3.15. The Labute approximate surface area is 149 Å². The number of carboxylic acid groups (broad SMARTS) is 1. The number of aryl methyl sites for hydroxylation is 1. The highest BCUT2D eigenvalue weighted by molar-refractivity contribution is 6.00. The van der Waals surface area contributed by atoms with Crippen LogP contribution in [0.4, 0.5) is 5.69 Å². The van der Waals surface area contributed by atoms with Crippen molar-refractivity contribution in [2.45, 2.75) is 6.92 Å². The van der Waals surface area contributed by atoms with Crippen LogP contribution in [-0.4, -0.2) is 49.7 Å². The smallest absolute Gasteiger partial charge is 0.308 e. The number of non-ortho nitro benzene ring substituents is 1. The molecule has 1 aromatic carbocycles. The molecule has 9 heteroatoms. The molecular weight excluding hydrogens is 340 g/mol. The number of nitrogens with zero attached hydrogens (tertiary/aromatic N) is 4. The lowest BCUT2D eigenvalue weighted by molar-refractivity contribution is -0.384. The predicted molar refractivity (Wildman–Crippen MR) is 91.5 cm³/mol. The number of aliphatic carboxylic acids is 1. The van der Waals surface area contributed by atoms with Gasteiger partial charge in [-0.2, -0.15) is 5.10 Å². The monoisotopic (exact) mass is 358 g/mol. The van der Waals surface area contributed by atoms with E-state index in [2.05, 4.69) is 5.10 Å². The van der Waals surface area contributed by atoms with Crippen molar-refractivity contribution >= 4 is 17.6 Å². The van der Waals surface area contributed by atoms with Crippen LogP contribution in [0.3, 0.4) is 0 Å². The molecule has 1 aliphatic heterocycles. The molecule has 2 aromatic rings. The van der Waals surface area contributed by atoms with Crippen molar-refractivity contribution in [1.82, 2.24) is 14.7 Å². The van der Waals surface area contributed by atoms with Gasteiger partial charge in [0.25, 0.3) is 11.6 Å². The molecule has 2 heterocycles. The molecular formula is C17H18N4O5. The minimum atomic E-state index is -0.908. The lowest BCUT2D eigenvalue weighted by atomic mass is 9.99. The second kappa shape index (κ2) is 6.58. The molecule has 1 aliphatic rings. The molecule has 0 unspecified atom stereocenters. The maximum Gasteiger partial charge on any atom is 0.308 e. The average Bonchev–Trinajstić information content (AvgIpc) is 3.17. The molecule has 26 heavy (non-hydrogen) atoms. The molecule has 1 aromatic heterocycles. The summed E-state index contributed by atoms with van der Waals surface area (Å²) in [5.74, 6) is -1.91. The Bertz CT molecular complexity index is 874. The Morgan fingerprint density at radius 2 is 1.92 bits per heavy atom. The quantitative estimate of drug-likeness (QED) is 0.657. The molecule has 0 bridgehead atoms. The number of hydrogen-bond acceptors (Lipinski definition) is 5. The van der Waals surface area contributed by atoms with E-state index in [0.717, 1.165) is 0 Å². The Morgan fingerprint density at radius 3 is 2.46 bits per heavy atom. The standard InChI is InChI=1S/C17H18N4O5/c1-10-7-20(9-13(10)17(23)24)16(22)14-8-19(2)18-15(14)11-3-5-12(6-4-11)21(25)26/h3-6,8,10,13H,7,9H2,1-2H3,(H,23,24)/t10-,13-/m1/s1. The second-order valence-corrected chi connectivity index (χ2v) is 6.50. The first-order valence-corrected chi connectivity index (χ1v) is 8.08. The fourth-order valence-electron chi connectivity index (χ4n) is 3.22. The molecule has 0 spiro atoms. The van der Waals surface area contributed by atoms with Crippen LogP contribution in [-0.2, 0) is 11.8 Å². The molecule has 1 saturated heterocycles. The number of nitro groups is 1. The molecule has 1 N–H and O–H groups in total. The Balaban J connectivity index is 1.91. The van der Waals surface area contributed by atoms with Crippen LogP contribution < -0.4 is 0 Å². The summed E-state index contributed by atoms with van der Waals surface area (Å²) in [6, 6.07) is 5.81. The van der Waals surface area contributed by atoms with Gasteiger partial charge in [-0.05, 0) is 18.1 Å². The largest absolute Gasteiger partial charge is 0.481 e. The van der Waals surface area contributed by atoms with E-state index >= 15 is 0 Å². The second-order valence-electron chi connectivity index (χ2n) is 6.50. The summed E-state index contributed by atoms with van der Waals surface area (Å²) in [6.07, 6.45) is 1.58. The molecule has 136 valence electrons. The van der Waals surface area contributed by atoms with Gasteiger partial charge in [0.05, 0.1) is 16.4 Å². The number of likely N-dealkylation sites (tertiary alicyclic amines) is 1. The number of rotatable bonds is 4. The van der Waals surface area contributed by atoms with Crippen LogP contribution >= 0.6 is 0 Å². The van der Waals surface area contributed by atoms with Crippen molar-refractivity contribution in [2.75, 3.05) is 13.1 Å². The van der Waals surface area contributed by atoms with Crippen molar-refractivity contribution in [1.29, 1.82) is 0 Å². The molecule has 9 nitrogen and oxygen atoms in total. The Kier molecular flexibility index (Phi) is 4.45. The fraction of sp³-hybridized carbons (Fsp3) is 0.353. The zero-order valence-corrected chi connectivity index (χ0v) is 14.3. The SMILES string of the molecule is C[C@@H]1CN(C(=O)c2cn(C)nc2-c2ccc([N+](=O)[O-])cc2)C[C@H]1C(=O)O. The van der Waals surface area contributed by atoms with Crippen LogP contribution in [0.1, 0.15) is 17.3 Å². The van der Waals surface area contributed by atoms with Gasteiger partial charge in [0.1, 0.15) is 5.69 Å². The number of benzene rings is 1. The first-order chi connectivity index (χ1) is 12.3. The Hall–Kier alpha value is -3.23. The molecule has 1 fully saturated rings. The topological polar surface area (TPSA) is 119 Å². The van der Waals surface area contributed by atoms with Crippen LogP contribution in [0.2, 0.25) is 0 Å². The summed E-state index contributed by atoms with van der Waals surface area (Å²) >= 11 is 0. The summed E-state index contributed by atoms with van der Waals surface area (Å²) in [4.78, 5) is 36.0. The van der Waals surface area contributed by atoms with E-state index in [-0.39, 0.29) is 24.1 Å². The Morgan fingerprint density at radius 1 is 1.27 bits per heavy atom. The van der Waals surface area contributed by atoms with E-state index in [4.69, 9.17) is 0 Å². The number of hydrogen-bond donors (Lipinski definition) is 1. The minimum absolute atomic E-state index is 0.0461. The van der Waals surface area contributed by atoms with Gasteiger partial charge < -0.3 is 10.0 Å². The van der Waals surface area contributed by atoms with Gasteiger partial charge in [0.2, 0.25) is 0 Å². The summed E-state index contributed by atoms with van der Waals surface area (Å²) in [7, 11) is 1.68. The number of nitro benzene ring substituents is 1. The van der Waals surface area contributed by atoms with Crippen molar-refractivity contribution < 1.29 is 19.6 Å². The maximum atomic E-state index is 12.9. The number of carbonyl (C=O) groups excluding carboxylic acids is 1. The first kappa shape index (κ1) is 17.6. The zero-order valence-electron chi connectivity index (χ0n) is 14.3. The summed E-state index contributed by atoms with van der Waals surface area (Å²) in [5.41, 5.74) is 1.30. The summed E-state index contributed by atoms with van der Waals surface area (Å²) < 4.78 is 1.50. The summed E-state index contributed by atoms with van der Waals surface area (Å²) in [6.45, 7) is 2.33. The lowest BCUT2D eigenvalue weighted by Gasteiger charge is -2.15. The summed E-state index contributed by atoms with van der Waals surface area (Å²) in [5, 5.41) is 24.4. The predicted octanol–water partition coefficient (Wildman–Crippen LogP) is 1.79. The van der Waals surface area contributed by atoms with Gasteiger partial charge in [-0.15, -0.1) is 0 Å². The van der Waals surface area contributed by atoms with E-state index in [0.29, 0.717) is 23.4 Å². The van der Waals surface area contributed by atoms with E-state index in [1.54, 1.807) is 25.4 Å². The highest BCUT2D eigenvalue weighted by atomic mass is 16.6. The minimum Gasteiger partial charge on any atom is -0.481 e. The number of amides is 1. The van der Waals surface area contributed by atoms with Gasteiger partial charge in [0, 0.05) is 44.0 Å². The lowest BCUT2D eigenvalue weighted by Crippen LogP contribution is -2.30. The first-order valence-electron chi connectivity index (χ1n) is 8.08. The van der Waals surface area contributed by atoms with Crippen LogP contribution in [0, 0.1) is 22.0 Å². The van der Waals surface area contributed by atoms with Crippen molar-refractivity contribution in [3.8, 4) is 11.3 Å². The third-order valence-corrected chi connectivity index (χ3v) is 4.63. The van der Waals surface area contributed by atoms with Crippen molar-refractivity contribution in [3.63, 3.8) is 0 Å². The number of aromatic nitrogens is 2. The zero-order chi connectivity index (χ0) is 19.0. The van der Waals surface area contributed by atoms with E-state index in [9.17, 15) is 24.8 Å². The average molecular weight is 358 g/mol. The van der Waals surface area contributed by atoms with Crippen molar-refractivity contribution in [3.05, 3.63) is 46.1 Å². The molecule has 1 amide bonds. The maximum absolute atomic E-state index is 12.9. The number of carbonyl (C=O) groups is 2. The highest BCUT2D eigenvalue weighted by Gasteiger charge is 2.38. The third-order valence-electron chi connectivity index (χ3n) is 4.63. The van der Waals surface area contributed by atoms with E-state index < -0.39 is 16.8 Å². The van der Waals surface area contributed by atoms with E-state index in [1.807, 2.05) is 6.92 Å². The molecule has 0 aliphatic carbocycles. The highest BCUT2D eigenvalue weighted by Crippen LogP contribution is 2.29. The van der Waals surface area contributed by atoms with Crippen LogP contribution in [0.5, 0.6) is 0 Å². The van der Waals surface area contributed by atoms with Crippen molar-refractivity contribution in [2.24, 2.45) is 18.9 Å². The van der Waals surface area contributed by atoms with Crippen LogP contribution in [0.25, 0.3) is 11.3 Å². The molecule has 0 saturated carbocycles. The molecule has 3 rings (SSSR count). The number of carboxylic acids is 1. The fourth-order valence-corrected chi connectivity index (χ4v) is 3.22. The van der Waals surface area contributed by atoms with Gasteiger partial charge in [-0.3, -0.25) is 24.4 Å². The molecule has 2 atom stereocenters. The normalized spacial score (nSPS) is 19.5. The van der Waals surface area contributed by atoms with Gasteiger partial charge in [-0.25, -0.2) is 0 Å². The molecule has 0 radical (unpaired) electrons.